The molecule has 0 amide bonds. The summed E-state index contributed by atoms with van der Waals surface area (Å²) in [5.74, 6) is -0.0889. The summed E-state index contributed by atoms with van der Waals surface area (Å²) in [6.45, 7) is 2.03. The lowest BCUT2D eigenvalue weighted by molar-refractivity contribution is -0.137. The Morgan fingerprint density at radius 3 is 2.43 bits per heavy atom. The van der Waals surface area contributed by atoms with Gasteiger partial charge in [-0.3, -0.25) is 4.90 Å². The minimum atomic E-state index is -4.17. The Morgan fingerprint density at radius 2 is 2.07 bits per heavy atom. The molecule has 0 aromatic carbocycles. The van der Waals surface area contributed by atoms with Gasteiger partial charge in [0.1, 0.15) is 0 Å². The second-order valence-electron chi connectivity index (χ2n) is 2.83. The van der Waals surface area contributed by atoms with Crippen LogP contribution in [0.4, 0.5) is 13.2 Å². The van der Waals surface area contributed by atoms with Gasteiger partial charge in [-0.15, -0.1) is 0 Å². The number of hydrogen-bond donors (Lipinski definition) is 2. The van der Waals surface area contributed by atoms with Gasteiger partial charge in [-0.25, -0.2) is 0 Å². The lowest BCUT2D eigenvalue weighted by Crippen LogP contribution is -2.36. The zero-order valence-corrected chi connectivity index (χ0v) is 7.88. The first-order valence-electron chi connectivity index (χ1n) is 4.14. The molecule has 0 heterocycles. The normalized spacial score (nSPS) is 13.6. The Bertz CT molecular complexity index is 193. The zero-order valence-electron chi connectivity index (χ0n) is 7.88. The predicted octanol–water partition coefficient (Wildman–Crippen LogP) is 1.01. The van der Waals surface area contributed by atoms with Crippen molar-refractivity contribution >= 4 is 5.84 Å². The molecule has 3 N–H and O–H groups in total. The van der Waals surface area contributed by atoms with Crippen molar-refractivity contribution in [2.24, 2.45) is 10.9 Å². The molecule has 0 rings (SSSR count). The molecule has 0 spiro atoms. The van der Waals surface area contributed by atoms with Crippen molar-refractivity contribution in [1.29, 1.82) is 0 Å². The van der Waals surface area contributed by atoms with Gasteiger partial charge in [0, 0.05) is 6.54 Å². The van der Waals surface area contributed by atoms with Gasteiger partial charge in [0.15, 0.2) is 5.84 Å². The van der Waals surface area contributed by atoms with E-state index in [2.05, 4.69) is 5.16 Å². The second-order valence-corrected chi connectivity index (χ2v) is 2.83. The Balaban J connectivity index is 3.92. The summed E-state index contributed by atoms with van der Waals surface area (Å²) in [6.07, 6.45) is -5.06. The smallest absolute Gasteiger partial charge is 0.390 e. The standard InChI is InChI=1S/C7H14F3N3O/c1-2-13(5-6(11)12-14)4-3-7(8,9)10/h14H,2-5H2,1H3,(H2,11,12). The molecule has 0 fully saturated rings. The largest absolute Gasteiger partial charge is 0.409 e. The van der Waals surface area contributed by atoms with Gasteiger partial charge in [0.05, 0.1) is 13.0 Å². The fraction of sp³-hybridized carbons (Fsp3) is 0.857. The van der Waals surface area contributed by atoms with Gasteiger partial charge in [0.25, 0.3) is 0 Å². The summed E-state index contributed by atoms with van der Waals surface area (Å²) in [5, 5.41) is 10.9. The number of oxime groups is 1. The molecule has 0 unspecified atom stereocenters. The van der Waals surface area contributed by atoms with Crippen molar-refractivity contribution < 1.29 is 18.4 Å². The lowest BCUT2D eigenvalue weighted by atomic mass is 10.3. The molecule has 0 aliphatic rings. The summed E-state index contributed by atoms with van der Waals surface area (Å²) in [4.78, 5) is 1.45. The van der Waals surface area contributed by atoms with Crippen molar-refractivity contribution in [2.45, 2.75) is 19.5 Å². The fourth-order valence-corrected chi connectivity index (χ4v) is 0.895. The molecule has 0 saturated carbocycles. The molecular formula is C7H14F3N3O. The van der Waals surface area contributed by atoms with Crippen LogP contribution in [0.15, 0.2) is 5.16 Å². The molecule has 0 aromatic heterocycles. The number of nitrogens with two attached hydrogens (primary N) is 1. The highest BCUT2D eigenvalue weighted by Crippen LogP contribution is 2.19. The molecule has 4 nitrogen and oxygen atoms in total. The van der Waals surface area contributed by atoms with Crippen LogP contribution in [0.3, 0.4) is 0 Å². The van der Waals surface area contributed by atoms with Crippen molar-refractivity contribution in [1.82, 2.24) is 4.90 Å². The maximum Gasteiger partial charge on any atom is 0.390 e. The maximum atomic E-state index is 11.8. The monoisotopic (exact) mass is 213 g/mol. The van der Waals surface area contributed by atoms with Crippen LogP contribution in [0.2, 0.25) is 0 Å². The lowest BCUT2D eigenvalue weighted by Gasteiger charge is -2.19. The Kier molecular flexibility index (Phi) is 5.29. The third kappa shape index (κ3) is 6.53. The molecule has 0 atom stereocenters. The maximum absolute atomic E-state index is 11.8. The van der Waals surface area contributed by atoms with E-state index in [9.17, 15) is 13.2 Å². The van der Waals surface area contributed by atoms with E-state index in [-0.39, 0.29) is 18.9 Å². The van der Waals surface area contributed by atoms with E-state index in [1.165, 1.54) is 4.90 Å². The van der Waals surface area contributed by atoms with Crippen LogP contribution in [0.5, 0.6) is 0 Å². The van der Waals surface area contributed by atoms with E-state index in [0.29, 0.717) is 6.54 Å². The molecule has 84 valence electrons. The average molecular weight is 213 g/mol. The SMILES string of the molecule is CCN(CCC(F)(F)F)CC(N)=NO. The van der Waals surface area contributed by atoms with E-state index < -0.39 is 12.6 Å². The van der Waals surface area contributed by atoms with Crippen LogP contribution in [-0.2, 0) is 0 Å². The summed E-state index contributed by atoms with van der Waals surface area (Å²) in [7, 11) is 0. The third-order valence-corrected chi connectivity index (χ3v) is 1.67. The Morgan fingerprint density at radius 1 is 1.50 bits per heavy atom. The highest BCUT2D eigenvalue weighted by Gasteiger charge is 2.27. The van der Waals surface area contributed by atoms with Gasteiger partial charge in [-0.1, -0.05) is 12.1 Å². The van der Waals surface area contributed by atoms with Crippen LogP contribution < -0.4 is 5.73 Å². The summed E-state index contributed by atoms with van der Waals surface area (Å²) in [6, 6.07) is 0. The molecule has 0 aliphatic carbocycles. The highest BCUT2D eigenvalue weighted by atomic mass is 19.4. The van der Waals surface area contributed by atoms with E-state index in [0.717, 1.165) is 0 Å². The minimum Gasteiger partial charge on any atom is -0.409 e. The summed E-state index contributed by atoms with van der Waals surface area (Å²) >= 11 is 0. The van der Waals surface area contributed by atoms with Crippen molar-refractivity contribution in [2.75, 3.05) is 19.6 Å². The van der Waals surface area contributed by atoms with Crippen LogP contribution in [0.1, 0.15) is 13.3 Å². The minimum absolute atomic E-state index is 0.0447. The van der Waals surface area contributed by atoms with Crippen LogP contribution in [-0.4, -0.2) is 41.8 Å². The molecule has 14 heavy (non-hydrogen) atoms. The highest BCUT2D eigenvalue weighted by molar-refractivity contribution is 5.81. The Hall–Kier alpha value is -0.980. The molecule has 0 radical (unpaired) electrons. The number of amidine groups is 1. The van der Waals surface area contributed by atoms with Gasteiger partial charge in [0.2, 0.25) is 0 Å². The molecule has 0 aromatic rings. The quantitative estimate of drug-likeness (QED) is 0.310. The second kappa shape index (κ2) is 5.69. The summed E-state index contributed by atoms with van der Waals surface area (Å²) < 4.78 is 35.5. The van der Waals surface area contributed by atoms with E-state index >= 15 is 0 Å². The van der Waals surface area contributed by atoms with E-state index in [1.807, 2.05) is 0 Å². The summed E-state index contributed by atoms with van der Waals surface area (Å²) in [5.41, 5.74) is 5.17. The number of halogens is 3. The van der Waals surface area contributed by atoms with Gasteiger partial charge < -0.3 is 10.9 Å². The Labute approximate surface area is 80.2 Å². The van der Waals surface area contributed by atoms with Crippen molar-refractivity contribution in [3.8, 4) is 0 Å². The number of nitrogens with zero attached hydrogens (tertiary/aromatic N) is 2. The number of rotatable bonds is 5. The first-order valence-corrected chi connectivity index (χ1v) is 4.14. The number of likely N-dealkylation sites (N-methyl/N-ethyl adjacent to an activating group) is 1. The molecule has 0 bridgehead atoms. The van der Waals surface area contributed by atoms with E-state index in [1.54, 1.807) is 6.92 Å². The predicted molar refractivity (Wildman–Crippen MR) is 46.2 cm³/mol. The van der Waals surface area contributed by atoms with E-state index in [4.69, 9.17) is 10.9 Å². The van der Waals surface area contributed by atoms with Crippen LogP contribution in [0, 0.1) is 0 Å². The molecule has 0 aliphatic heterocycles. The fourth-order valence-electron chi connectivity index (χ4n) is 0.895. The van der Waals surface area contributed by atoms with Gasteiger partial charge >= 0.3 is 6.18 Å². The third-order valence-electron chi connectivity index (χ3n) is 1.67. The van der Waals surface area contributed by atoms with Crippen LogP contribution in [0.25, 0.3) is 0 Å². The molecular weight excluding hydrogens is 199 g/mol. The number of alkyl halides is 3. The topological polar surface area (TPSA) is 61.8 Å². The van der Waals surface area contributed by atoms with Crippen molar-refractivity contribution in [3.63, 3.8) is 0 Å². The zero-order chi connectivity index (χ0) is 11.2. The van der Waals surface area contributed by atoms with Crippen molar-refractivity contribution in [3.05, 3.63) is 0 Å². The van der Waals surface area contributed by atoms with Crippen LogP contribution >= 0.6 is 0 Å². The van der Waals surface area contributed by atoms with Gasteiger partial charge in [-0.2, -0.15) is 13.2 Å². The molecule has 0 saturated heterocycles. The first-order chi connectivity index (χ1) is 6.39. The molecule has 7 heteroatoms. The first kappa shape index (κ1) is 13.0. The average Bonchev–Trinajstić information content (AvgIpc) is 2.10. The van der Waals surface area contributed by atoms with Gasteiger partial charge in [-0.05, 0) is 6.54 Å². The number of hydrogen-bond acceptors (Lipinski definition) is 3.